The molecule has 0 atom stereocenters. The molecule has 138 valence electrons. The Hall–Kier alpha value is -2.27. The van der Waals surface area contributed by atoms with Gasteiger partial charge in [-0.05, 0) is 6.07 Å². The van der Waals surface area contributed by atoms with Gasteiger partial charge in [-0.1, -0.05) is 11.6 Å². The molecule has 11 heteroatoms. The number of nitrogens with zero attached hydrogens (tertiary/aromatic N) is 3. The zero-order valence-electron chi connectivity index (χ0n) is 13.5. The van der Waals surface area contributed by atoms with Crippen molar-refractivity contribution in [1.29, 1.82) is 0 Å². The van der Waals surface area contributed by atoms with Crippen LogP contribution < -0.4 is 10.1 Å². The van der Waals surface area contributed by atoms with Gasteiger partial charge in [-0.3, -0.25) is 15.1 Å². The molecule has 3 rings (SSSR count). The van der Waals surface area contributed by atoms with Gasteiger partial charge < -0.3 is 10.1 Å². The molecule has 2 heterocycles. The molecule has 26 heavy (non-hydrogen) atoms. The van der Waals surface area contributed by atoms with Crippen molar-refractivity contribution in [3.63, 3.8) is 0 Å². The molecular weight excluding hydrogens is 384 g/mol. The van der Waals surface area contributed by atoms with Crippen molar-refractivity contribution >= 4 is 27.3 Å². The molecule has 0 unspecified atom stereocenters. The van der Waals surface area contributed by atoms with Crippen LogP contribution in [0.2, 0.25) is 5.02 Å². The Labute approximate surface area is 154 Å². The van der Waals surface area contributed by atoms with Crippen LogP contribution in [0.5, 0.6) is 11.5 Å². The van der Waals surface area contributed by atoms with E-state index in [9.17, 15) is 18.5 Å². The Morgan fingerprint density at radius 2 is 1.96 bits per heavy atom. The molecule has 0 saturated carbocycles. The number of halogens is 1. The molecule has 1 aromatic carbocycles. The van der Waals surface area contributed by atoms with Gasteiger partial charge in [-0.2, -0.15) is 4.31 Å². The molecule has 1 aliphatic heterocycles. The highest BCUT2D eigenvalue weighted by Gasteiger charge is 2.31. The SMILES string of the molecule is O=[N+]([O-])c1ccc(Oc2cncc(Cl)c2)c(S(=O)(=O)N2CCNCC2)c1. The molecule has 0 aliphatic carbocycles. The fraction of sp³-hybridized carbons (Fsp3) is 0.267. The van der Waals surface area contributed by atoms with Crippen LogP contribution in [0.3, 0.4) is 0 Å². The predicted molar refractivity (Wildman–Crippen MR) is 94.0 cm³/mol. The maximum Gasteiger partial charge on any atom is 0.271 e. The lowest BCUT2D eigenvalue weighted by Crippen LogP contribution is -2.46. The molecule has 1 aromatic heterocycles. The zero-order chi connectivity index (χ0) is 18.7. The molecule has 0 radical (unpaired) electrons. The molecule has 0 bridgehead atoms. The molecule has 0 spiro atoms. The number of piperazine rings is 1. The summed E-state index contributed by atoms with van der Waals surface area (Å²) in [4.78, 5) is 14.0. The second-order valence-electron chi connectivity index (χ2n) is 5.48. The van der Waals surface area contributed by atoms with Crippen LogP contribution in [-0.4, -0.2) is 48.8 Å². The highest BCUT2D eigenvalue weighted by molar-refractivity contribution is 7.89. The first kappa shape index (κ1) is 18.5. The molecular formula is C15H15ClN4O5S. The van der Waals surface area contributed by atoms with Gasteiger partial charge in [-0.25, -0.2) is 8.42 Å². The molecule has 1 N–H and O–H groups in total. The average molecular weight is 399 g/mol. The van der Waals surface area contributed by atoms with Gasteiger partial charge in [-0.15, -0.1) is 0 Å². The molecule has 2 aromatic rings. The summed E-state index contributed by atoms with van der Waals surface area (Å²) in [7, 11) is -3.97. The standard InChI is InChI=1S/C15H15ClN4O5S/c16-11-7-13(10-18-9-11)25-14-2-1-12(20(21)22)8-15(14)26(23,24)19-5-3-17-4-6-19/h1-2,7-10,17H,3-6H2. The van der Waals surface area contributed by atoms with E-state index in [4.69, 9.17) is 16.3 Å². The zero-order valence-corrected chi connectivity index (χ0v) is 15.0. The number of sulfonamides is 1. The minimum Gasteiger partial charge on any atom is -0.454 e. The summed E-state index contributed by atoms with van der Waals surface area (Å²) >= 11 is 5.86. The number of nitrogens with one attached hydrogen (secondary N) is 1. The average Bonchev–Trinajstić information content (AvgIpc) is 2.62. The van der Waals surface area contributed by atoms with Crippen LogP contribution in [0.4, 0.5) is 5.69 Å². The van der Waals surface area contributed by atoms with E-state index in [0.717, 1.165) is 6.07 Å². The number of rotatable bonds is 5. The van der Waals surface area contributed by atoms with Crippen molar-refractivity contribution in [3.05, 3.63) is 51.8 Å². The number of aromatic nitrogens is 1. The summed E-state index contributed by atoms with van der Waals surface area (Å²) in [5, 5.41) is 14.5. The Bertz CT molecular complexity index is 931. The van der Waals surface area contributed by atoms with Gasteiger partial charge in [0, 0.05) is 50.6 Å². The largest absolute Gasteiger partial charge is 0.454 e. The van der Waals surface area contributed by atoms with Crippen LogP contribution in [0.1, 0.15) is 0 Å². The van der Waals surface area contributed by atoms with E-state index < -0.39 is 14.9 Å². The van der Waals surface area contributed by atoms with E-state index in [0.29, 0.717) is 18.1 Å². The maximum atomic E-state index is 13.0. The second kappa shape index (κ2) is 7.54. The smallest absolute Gasteiger partial charge is 0.271 e. The van der Waals surface area contributed by atoms with E-state index in [2.05, 4.69) is 10.3 Å². The third kappa shape index (κ3) is 3.93. The topological polar surface area (TPSA) is 115 Å². The summed E-state index contributed by atoms with van der Waals surface area (Å²) in [5.41, 5.74) is -0.338. The number of nitro groups is 1. The van der Waals surface area contributed by atoms with E-state index >= 15 is 0 Å². The van der Waals surface area contributed by atoms with Crippen molar-refractivity contribution < 1.29 is 18.1 Å². The quantitative estimate of drug-likeness (QED) is 0.605. The Morgan fingerprint density at radius 3 is 2.62 bits per heavy atom. The summed E-state index contributed by atoms with van der Waals surface area (Å²) in [6.07, 6.45) is 2.77. The molecule has 9 nitrogen and oxygen atoms in total. The van der Waals surface area contributed by atoms with Crippen LogP contribution in [-0.2, 0) is 10.0 Å². The lowest BCUT2D eigenvalue weighted by molar-refractivity contribution is -0.385. The number of hydrogen-bond acceptors (Lipinski definition) is 7. The first-order valence-electron chi connectivity index (χ1n) is 7.65. The summed E-state index contributed by atoms with van der Waals surface area (Å²) in [6.45, 7) is 1.54. The molecule has 1 saturated heterocycles. The Balaban J connectivity index is 2.05. The molecule has 0 amide bonds. The number of hydrogen-bond donors (Lipinski definition) is 1. The van der Waals surface area contributed by atoms with E-state index in [1.807, 2.05) is 0 Å². The van der Waals surface area contributed by atoms with Crippen molar-refractivity contribution in [2.45, 2.75) is 4.90 Å². The Kier molecular flexibility index (Phi) is 5.37. The fourth-order valence-corrected chi connectivity index (χ4v) is 4.23. The fourth-order valence-electron chi connectivity index (χ4n) is 2.50. The van der Waals surface area contributed by atoms with Gasteiger partial charge in [0.05, 0.1) is 16.1 Å². The summed E-state index contributed by atoms with van der Waals surface area (Å²) < 4.78 is 32.9. The number of pyridine rings is 1. The van der Waals surface area contributed by atoms with Gasteiger partial charge in [0.15, 0.2) is 0 Å². The van der Waals surface area contributed by atoms with Gasteiger partial charge >= 0.3 is 0 Å². The van der Waals surface area contributed by atoms with E-state index in [-0.39, 0.29) is 35.2 Å². The minimum atomic E-state index is -3.97. The monoisotopic (exact) mass is 398 g/mol. The van der Waals surface area contributed by atoms with Crippen LogP contribution in [0.25, 0.3) is 0 Å². The van der Waals surface area contributed by atoms with E-state index in [1.54, 1.807) is 0 Å². The van der Waals surface area contributed by atoms with Gasteiger partial charge in [0.25, 0.3) is 5.69 Å². The third-order valence-corrected chi connectivity index (χ3v) is 5.87. The maximum absolute atomic E-state index is 13.0. The van der Waals surface area contributed by atoms with Crippen molar-refractivity contribution in [3.8, 4) is 11.5 Å². The third-order valence-electron chi connectivity index (χ3n) is 3.74. The van der Waals surface area contributed by atoms with Crippen LogP contribution in [0.15, 0.2) is 41.6 Å². The number of non-ortho nitro benzene ring substituents is 1. The second-order valence-corrected chi connectivity index (χ2v) is 7.83. The minimum absolute atomic E-state index is 0.0294. The van der Waals surface area contributed by atoms with Crippen molar-refractivity contribution in [2.75, 3.05) is 26.2 Å². The number of benzene rings is 1. The lowest BCUT2D eigenvalue weighted by Gasteiger charge is -2.27. The molecule has 1 aliphatic rings. The number of nitro benzene ring substituents is 1. The van der Waals surface area contributed by atoms with Gasteiger partial charge in [0.2, 0.25) is 10.0 Å². The summed E-state index contributed by atoms with van der Waals surface area (Å²) in [6, 6.07) is 4.92. The Morgan fingerprint density at radius 1 is 1.23 bits per heavy atom. The normalized spacial score (nSPS) is 15.6. The summed E-state index contributed by atoms with van der Waals surface area (Å²) in [5.74, 6) is 0.196. The van der Waals surface area contributed by atoms with Crippen LogP contribution in [0, 0.1) is 10.1 Å². The van der Waals surface area contributed by atoms with Crippen LogP contribution >= 0.6 is 11.6 Å². The predicted octanol–water partition coefficient (Wildman–Crippen LogP) is 2.03. The highest BCUT2D eigenvalue weighted by Crippen LogP contribution is 2.34. The van der Waals surface area contributed by atoms with Crippen molar-refractivity contribution in [2.24, 2.45) is 0 Å². The lowest BCUT2D eigenvalue weighted by atomic mass is 10.3. The number of ether oxygens (including phenoxy) is 1. The van der Waals surface area contributed by atoms with Gasteiger partial charge in [0.1, 0.15) is 16.4 Å². The first-order valence-corrected chi connectivity index (χ1v) is 9.47. The van der Waals surface area contributed by atoms with E-state index in [1.165, 1.54) is 34.9 Å². The highest BCUT2D eigenvalue weighted by atomic mass is 35.5. The van der Waals surface area contributed by atoms with Crippen molar-refractivity contribution in [1.82, 2.24) is 14.6 Å². The molecule has 1 fully saturated rings. The first-order chi connectivity index (χ1) is 12.4.